The highest BCUT2D eigenvalue weighted by atomic mass is 16.5. The van der Waals surface area contributed by atoms with Crippen LogP contribution in [0.25, 0.3) is 0 Å². The van der Waals surface area contributed by atoms with E-state index < -0.39 is 0 Å². The Balaban J connectivity index is 1.77. The van der Waals surface area contributed by atoms with Gasteiger partial charge in [-0.1, -0.05) is 0 Å². The third-order valence-electron chi connectivity index (χ3n) is 3.17. The number of aliphatic hydroxyl groups is 1. The maximum atomic E-state index is 9.17. The Morgan fingerprint density at radius 2 is 2.21 bits per heavy atom. The Kier molecular flexibility index (Phi) is 3.38. The fourth-order valence-corrected chi connectivity index (χ4v) is 2.16. The lowest BCUT2D eigenvalue weighted by molar-refractivity contribution is -0.0591. The molecule has 2 rings (SSSR count). The molecule has 2 aliphatic rings. The minimum absolute atomic E-state index is 0.0895. The van der Waals surface area contributed by atoms with Crippen molar-refractivity contribution in [2.24, 2.45) is 0 Å². The SMILES string of the molecule is COC1COCCC1NC1CC(O)C1. The van der Waals surface area contributed by atoms with E-state index in [1.807, 2.05) is 0 Å². The van der Waals surface area contributed by atoms with Crippen LogP contribution < -0.4 is 5.32 Å². The molecule has 0 spiro atoms. The van der Waals surface area contributed by atoms with E-state index in [9.17, 15) is 5.11 Å². The van der Waals surface area contributed by atoms with E-state index in [0.29, 0.717) is 18.7 Å². The minimum atomic E-state index is -0.0895. The van der Waals surface area contributed by atoms with E-state index in [2.05, 4.69) is 5.32 Å². The maximum Gasteiger partial charge on any atom is 0.0958 e. The van der Waals surface area contributed by atoms with E-state index in [-0.39, 0.29) is 12.2 Å². The van der Waals surface area contributed by atoms with Gasteiger partial charge in [-0.25, -0.2) is 0 Å². The summed E-state index contributed by atoms with van der Waals surface area (Å²) in [4.78, 5) is 0. The van der Waals surface area contributed by atoms with Crippen molar-refractivity contribution in [1.29, 1.82) is 0 Å². The smallest absolute Gasteiger partial charge is 0.0958 e. The van der Waals surface area contributed by atoms with Crippen LogP contribution in [-0.4, -0.2) is 49.7 Å². The lowest BCUT2D eigenvalue weighted by Gasteiger charge is -2.39. The highest BCUT2D eigenvalue weighted by Gasteiger charge is 2.33. The van der Waals surface area contributed by atoms with Crippen molar-refractivity contribution < 1.29 is 14.6 Å². The fourth-order valence-electron chi connectivity index (χ4n) is 2.16. The molecule has 0 aromatic carbocycles. The van der Waals surface area contributed by atoms with E-state index in [1.54, 1.807) is 7.11 Å². The lowest BCUT2D eigenvalue weighted by atomic mass is 9.88. The van der Waals surface area contributed by atoms with Crippen molar-refractivity contribution in [1.82, 2.24) is 5.32 Å². The average Bonchev–Trinajstić information content (AvgIpc) is 2.16. The molecule has 1 aliphatic carbocycles. The first kappa shape index (κ1) is 10.4. The molecule has 0 bridgehead atoms. The van der Waals surface area contributed by atoms with Gasteiger partial charge in [0, 0.05) is 25.8 Å². The van der Waals surface area contributed by atoms with Gasteiger partial charge in [-0.15, -0.1) is 0 Å². The van der Waals surface area contributed by atoms with Crippen molar-refractivity contribution in [3.05, 3.63) is 0 Å². The van der Waals surface area contributed by atoms with Crippen LogP contribution in [0.1, 0.15) is 19.3 Å². The van der Waals surface area contributed by atoms with Crippen LogP contribution in [0, 0.1) is 0 Å². The van der Waals surface area contributed by atoms with Gasteiger partial charge < -0.3 is 19.9 Å². The van der Waals surface area contributed by atoms with Gasteiger partial charge in [-0.2, -0.15) is 0 Å². The van der Waals surface area contributed by atoms with Gasteiger partial charge in [0.2, 0.25) is 0 Å². The first-order valence-corrected chi connectivity index (χ1v) is 5.34. The van der Waals surface area contributed by atoms with Crippen molar-refractivity contribution in [3.63, 3.8) is 0 Å². The summed E-state index contributed by atoms with van der Waals surface area (Å²) in [6, 6.07) is 0.872. The van der Waals surface area contributed by atoms with Crippen molar-refractivity contribution >= 4 is 0 Å². The number of nitrogens with one attached hydrogen (secondary N) is 1. The van der Waals surface area contributed by atoms with Crippen molar-refractivity contribution in [2.45, 2.75) is 43.6 Å². The van der Waals surface area contributed by atoms with E-state index in [1.165, 1.54) is 0 Å². The second-order valence-electron chi connectivity index (χ2n) is 4.23. The number of hydrogen-bond acceptors (Lipinski definition) is 4. The molecular weight excluding hydrogens is 182 g/mol. The summed E-state index contributed by atoms with van der Waals surface area (Å²) in [7, 11) is 1.73. The third kappa shape index (κ3) is 2.25. The van der Waals surface area contributed by atoms with Crippen molar-refractivity contribution in [2.75, 3.05) is 20.3 Å². The quantitative estimate of drug-likeness (QED) is 0.669. The minimum Gasteiger partial charge on any atom is -0.393 e. The van der Waals surface area contributed by atoms with Crippen LogP contribution in [0.5, 0.6) is 0 Å². The van der Waals surface area contributed by atoms with Crippen LogP contribution in [0.15, 0.2) is 0 Å². The predicted molar refractivity (Wildman–Crippen MR) is 52.2 cm³/mol. The summed E-state index contributed by atoms with van der Waals surface area (Å²) in [6.45, 7) is 1.50. The Labute approximate surface area is 84.6 Å². The molecule has 2 unspecified atom stereocenters. The fraction of sp³-hybridized carbons (Fsp3) is 1.00. The highest BCUT2D eigenvalue weighted by molar-refractivity contribution is 4.90. The van der Waals surface area contributed by atoms with E-state index in [4.69, 9.17) is 9.47 Å². The number of aliphatic hydroxyl groups excluding tert-OH is 1. The van der Waals surface area contributed by atoms with Gasteiger partial charge in [-0.05, 0) is 19.3 Å². The molecular formula is C10H19NO3. The van der Waals surface area contributed by atoms with Gasteiger partial charge in [-0.3, -0.25) is 0 Å². The molecule has 1 aliphatic heterocycles. The van der Waals surface area contributed by atoms with Crippen LogP contribution >= 0.6 is 0 Å². The van der Waals surface area contributed by atoms with E-state index in [0.717, 1.165) is 25.9 Å². The molecule has 0 amide bonds. The Hall–Kier alpha value is -0.160. The Bertz CT molecular complexity index is 182. The van der Waals surface area contributed by atoms with Crippen LogP contribution in [0.2, 0.25) is 0 Å². The topological polar surface area (TPSA) is 50.7 Å². The molecule has 2 fully saturated rings. The number of methoxy groups -OCH3 is 1. The molecule has 1 saturated heterocycles. The van der Waals surface area contributed by atoms with E-state index >= 15 is 0 Å². The molecule has 2 N–H and O–H groups in total. The predicted octanol–water partition coefficient (Wildman–Crippen LogP) is -0.0968. The van der Waals surface area contributed by atoms with Gasteiger partial charge >= 0.3 is 0 Å². The van der Waals surface area contributed by atoms with Gasteiger partial charge in [0.1, 0.15) is 0 Å². The zero-order chi connectivity index (χ0) is 9.97. The Morgan fingerprint density at radius 3 is 2.86 bits per heavy atom. The van der Waals surface area contributed by atoms with Crippen LogP contribution in [-0.2, 0) is 9.47 Å². The van der Waals surface area contributed by atoms with Gasteiger partial charge in [0.05, 0.1) is 18.8 Å². The molecule has 0 radical (unpaired) electrons. The second-order valence-corrected chi connectivity index (χ2v) is 4.23. The van der Waals surface area contributed by atoms with Crippen LogP contribution in [0.4, 0.5) is 0 Å². The second kappa shape index (κ2) is 4.57. The number of ether oxygens (including phenoxy) is 2. The molecule has 82 valence electrons. The third-order valence-corrected chi connectivity index (χ3v) is 3.17. The maximum absolute atomic E-state index is 9.17. The molecule has 14 heavy (non-hydrogen) atoms. The number of hydrogen-bond donors (Lipinski definition) is 2. The Morgan fingerprint density at radius 1 is 1.43 bits per heavy atom. The van der Waals surface area contributed by atoms with Gasteiger partial charge in [0.15, 0.2) is 0 Å². The summed E-state index contributed by atoms with van der Waals surface area (Å²) in [5, 5.41) is 12.7. The molecule has 4 heteroatoms. The summed E-state index contributed by atoms with van der Waals surface area (Å²) in [6.07, 6.45) is 2.85. The zero-order valence-corrected chi connectivity index (χ0v) is 8.61. The first-order chi connectivity index (χ1) is 6.79. The highest BCUT2D eigenvalue weighted by Crippen LogP contribution is 2.22. The standard InChI is InChI=1S/C10H19NO3/c1-13-10-6-14-3-2-9(10)11-7-4-8(12)5-7/h7-12H,2-6H2,1H3. The van der Waals surface area contributed by atoms with Crippen LogP contribution in [0.3, 0.4) is 0 Å². The molecule has 0 aromatic rings. The number of rotatable bonds is 3. The molecule has 2 atom stereocenters. The summed E-state index contributed by atoms with van der Waals surface area (Å²) < 4.78 is 10.7. The van der Waals surface area contributed by atoms with Crippen molar-refractivity contribution in [3.8, 4) is 0 Å². The zero-order valence-electron chi connectivity index (χ0n) is 8.61. The molecule has 1 saturated carbocycles. The lowest BCUT2D eigenvalue weighted by Crippen LogP contribution is -2.55. The summed E-state index contributed by atoms with van der Waals surface area (Å²) in [5.41, 5.74) is 0. The largest absolute Gasteiger partial charge is 0.393 e. The molecule has 1 heterocycles. The molecule has 0 aromatic heterocycles. The summed E-state index contributed by atoms with van der Waals surface area (Å²) >= 11 is 0. The normalized spacial score (nSPS) is 43.3. The molecule has 4 nitrogen and oxygen atoms in total. The summed E-state index contributed by atoms with van der Waals surface area (Å²) in [5.74, 6) is 0. The van der Waals surface area contributed by atoms with Gasteiger partial charge in [0.25, 0.3) is 0 Å². The average molecular weight is 201 g/mol. The monoisotopic (exact) mass is 201 g/mol. The first-order valence-electron chi connectivity index (χ1n) is 5.34.